The van der Waals surface area contributed by atoms with Crippen molar-refractivity contribution < 1.29 is 8.42 Å². The maximum Gasteiger partial charge on any atom is 0.261 e. The molecule has 2 aromatic heterocycles. The monoisotopic (exact) mass is 459 g/mol. The van der Waals surface area contributed by atoms with Crippen molar-refractivity contribution in [3.8, 4) is 0 Å². The van der Waals surface area contributed by atoms with Gasteiger partial charge in [0.05, 0.1) is 21.3 Å². The lowest BCUT2D eigenvalue weighted by Gasteiger charge is -2.19. The van der Waals surface area contributed by atoms with E-state index in [1.807, 2.05) is 20.8 Å². The van der Waals surface area contributed by atoms with E-state index in [2.05, 4.69) is 19.9 Å². The largest absolute Gasteiger partial charge is 0.384 e. The summed E-state index contributed by atoms with van der Waals surface area (Å²) in [4.78, 5) is 19.8. The number of hydrogen-bond acceptors (Lipinski definition) is 7. The zero-order valence-corrected chi connectivity index (χ0v) is 18.8. The smallest absolute Gasteiger partial charge is 0.261 e. The summed E-state index contributed by atoms with van der Waals surface area (Å²) < 4.78 is 28.5. The van der Waals surface area contributed by atoms with Crippen molar-refractivity contribution in [3.05, 3.63) is 81.6 Å². The van der Waals surface area contributed by atoms with Gasteiger partial charge in [-0.25, -0.2) is 13.4 Å². The van der Waals surface area contributed by atoms with E-state index < -0.39 is 16.1 Å². The molecule has 0 radical (unpaired) electrons. The summed E-state index contributed by atoms with van der Waals surface area (Å²) in [6, 6.07) is 9.96. The van der Waals surface area contributed by atoms with Gasteiger partial charge in [0.2, 0.25) is 0 Å². The zero-order chi connectivity index (χ0) is 22.8. The maximum absolute atomic E-state index is 13.0. The lowest BCUT2D eigenvalue weighted by Crippen LogP contribution is -2.17. The number of nitrogens with one attached hydrogen (secondary N) is 1. The minimum Gasteiger partial charge on any atom is -0.384 e. The molecule has 0 fully saturated rings. The van der Waals surface area contributed by atoms with Crippen LogP contribution >= 0.6 is 11.6 Å². The van der Waals surface area contributed by atoms with Gasteiger partial charge in [-0.2, -0.15) is 0 Å². The van der Waals surface area contributed by atoms with Gasteiger partial charge in [-0.3, -0.25) is 9.71 Å². The van der Waals surface area contributed by atoms with E-state index >= 15 is 0 Å². The minimum absolute atomic E-state index is 0.0498. The average Bonchev–Trinajstić information content (AvgIpc) is 2.70. The number of nitrogens with two attached hydrogens (primary N) is 1. The molecule has 162 valence electrons. The summed E-state index contributed by atoms with van der Waals surface area (Å²) >= 11 is 6.04. The van der Waals surface area contributed by atoms with E-state index in [-0.39, 0.29) is 32.5 Å². The summed E-state index contributed by atoms with van der Waals surface area (Å²) in [6.45, 7) is 6.12. The van der Waals surface area contributed by atoms with Crippen molar-refractivity contribution >= 4 is 33.1 Å². The first kappa shape index (κ1) is 22.6. The van der Waals surface area contributed by atoms with Crippen LogP contribution in [0.2, 0.25) is 5.02 Å². The molecule has 3 N–H and O–H groups in total. The molecule has 0 spiro atoms. The van der Waals surface area contributed by atoms with Gasteiger partial charge in [0.15, 0.2) is 6.04 Å². The number of halogens is 1. The van der Waals surface area contributed by atoms with Crippen LogP contribution in [0.3, 0.4) is 0 Å². The van der Waals surface area contributed by atoms with Crippen LogP contribution in [0.25, 0.3) is 0 Å². The van der Waals surface area contributed by atoms with E-state index in [0.29, 0.717) is 5.56 Å². The van der Waals surface area contributed by atoms with E-state index in [0.717, 1.165) is 5.56 Å². The van der Waals surface area contributed by atoms with Crippen LogP contribution in [-0.2, 0) is 15.4 Å². The minimum atomic E-state index is -3.97. The van der Waals surface area contributed by atoms with Crippen LogP contribution < -0.4 is 10.5 Å². The highest BCUT2D eigenvalue weighted by Gasteiger charge is 2.25. The second-order valence-corrected chi connectivity index (χ2v) is 10.1. The van der Waals surface area contributed by atoms with Crippen molar-refractivity contribution in [1.29, 1.82) is 0 Å². The molecule has 1 unspecified atom stereocenters. The molecule has 31 heavy (non-hydrogen) atoms. The third kappa shape index (κ3) is 5.18. The van der Waals surface area contributed by atoms with Crippen molar-refractivity contribution in [2.45, 2.75) is 37.1 Å². The second-order valence-electron chi connectivity index (χ2n) is 7.99. The Morgan fingerprint density at radius 2 is 1.74 bits per heavy atom. The van der Waals surface area contributed by atoms with Gasteiger partial charge in [0, 0.05) is 18.0 Å². The summed E-state index contributed by atoms with van der Waals surface area (Å²) in [5.74, 6) is 0.275. The van der Waals surface area contributed by atoms with Crippen molar-refractivity contribution in [3.63, 3.8) is 0 Å². The topological polar surface area (TPSA) is 127 Å². The Bertz CT molecular complexity index is 1190. The molecule has 0 saturated carbocycles. The van der Waals surface area contributed by atoms with Gasteiger partial charge in [0.1, 0.15) is 5.82 Å². The third-order valence-electron chi connectivity index (χ3n) is 4.65. The van der Waals surface area contributed by atoms with Gasteiger partial charge in [-0.15, -0.1) is 4.91 Å². The molecule has 0 aliphatic heterocycles. The zero-order valence-electron chi connectivity index (χ0n) is 17.2. The van der Waals surface area contributed by atoms with E-state index in [1.165, 1.54) is 36.7 Å². The molecular weight excluding hydrogens is 438 g/mol. The number of sulfonamides is 1. The predicted molar refractivity (Wildman–Crippen MR) is 121 cm³/mol. The molecule has 3 aromatic rings. The number of nitroso groups, excluding NO2 is 1. The lowest BCUT2D eigenvalue weighted by molar-refractivity contribution is 0.587. The van der Waals surface area contributed by atoms with E-state index in [1.54, 1.807) is 18.2 Å². The van der Waals surface area contributed by atoms with Crippen molar-refractivity contribution in [2.24, 2.45) is 5.18 Å². The predicted octanol–water partition coefficient (Wildman–Crippen LogP) is 4.67. The molecule has 8 nitrogen and oxygen atoms in total. The van der Waals surface area contributed by atoms with Crippen LogP contribution in [0, 0.1) is 4.91 Å². The first-order valence-electron chi connectivity index (χ1n) is 9.34. The number of anilines is 2. The fourth-order valence-electron chi connectivity index (χ4n) is 2.93. The molecule has 0 bridgehead atoms. The fraction of sp³-hybridized carbons (Fsp3) is 0.238. The van der Waals surface area contributed by atoms with Gasteiger partial charge in [0.25, 0.3) is 10.0 Å². The molecule has 2 heterocycles. The Morgan fingerprint density at radius 1 is 1.06 bits per heavy atom. The molecule has 0 saturated heterocycles. The van der Waals surface area contributed by atoms with Crippen LogP contribution in [0.4, 0.5) is 11.5 Å². The van der Waals surface area contributed by atoms with Crippen molar-refractivity contribution in [2.75, 3.05) is 10.5 Å². The number of hydrogen-bond donors (Lipinski definition) is 2. The summed E-state index contributed by atoms with van der Waals surface area (Å²) in [5, 5.41) is 3.32. The standard InChI is InChI=1S/C21H22ClN5O3S/c1-21(2,3)14-5-7-16(8-6-14)31(29,30)27-17-10-15(22)12-25-20(17)19(26-28)13-4-9-18(23)24-11-13/h4-12,19,27H,1-3H3,(H2,23,24). The number of benzene rings is 1. The quantitative estimate of drug-likeness (QED) is 0.515. The average molecular weight is 460 g/mol. The lowest BCUT2D eigenvalue weighted by atomic mass is 9.87. The Morgan fingerprint density at radius 3 is 2.29 bits per heavy atom. The van der Waals surface area contributed by atoms with Gasteiger partial charge in [-0.05, 0) is 35.2 Å². The molecule has 0 aliphatic rings. The molecule has 0 amide bonds. The van der Waals surface area contributed by atoms with Gasteiger partial charge >= 0.3 is 0 Å². The first-order valence-corrected chi connectivity index (χ1v) is 11.2. The molecule has 1 aromatic carbocycles. The third-order valence-corrected chi connectivity index (χ3v) is 6.24. The summed E-state index contributed by atoms with van der Waals surface area (Å²) in [6.07, 6.45) is 2.71. The Labute approximate surface area is 185 Å². The van der Waals surface area contributed by atoms with E-state index in [9.17, 15) is 13.3 Å². The fourth-order valence-corrected chi connectivity index (χ4v) is 4.16. The van der Waals surface area contributed by atoms with Crippen LogP contribution in [0.15, 0.2) is 64.9 Å². The summed E-state index contributed by atoms with van der Waals surface area (Å²) in [5.41, 5.74) is 7.04. The number of pyridine rings is 2. The Hall–Kier alpha value is -3.04. The molecule has 1 atom stereocenters. The Balaban J connectivity index is 2.00. The first-order chi connectivity index (χ1) is 14.5. The summed E-state index contributed by atoms with van der Waals surface area (Å²) in [7, 11) is -3.97. The highest BCUT2D eigenvalue weighted by molar-refractivity contribution is 7.92. The van der Waals surface area contributed by atoms with Crippen LogP contribution in [-0.4, -0.2) is 18.4 Å². The molecule has 0 aliphatic carbocycles. The second kappa shape index (κ2) is 8.60. The van der Waals surface area contributed by atoms with E-state index in [4.69, 9.17) is 17.3 Å². The van der Waals surface area contributed by atoms with Crippen molar-refractivity contribution in [1.82, 2.24) is 9.97 Å². The number of aromatic nitrogens is 2. The van der Waals surface area contributed by atoms with Crippen LogP contribution in [0.5, 0.6) is 0 Å². The molecular formula is C21H22ClN5O3S. The SMILES string of the molecule is CC(C)(C)c1ccc(S(=O)(=O)Nc2cc(Cl)cnc2C(N=O)c2ccc(N)nc2)cc1. The maximum atomic E-state index is 13.0. The molecule has 3 rings (SSSR count). The van der Waals surface area contributed by atoms with Gasteiger partial charge in [-0.1, -0.05) is 55.7 Å². The highest BCUT2D eigenvalue weighted by Crippen LogP contribution is 2.33. The normalized spacial score (nSPS) is 12.9. The number of nitrogens with zero attached hydrogens (tertiary/aromatic N) is 3. The van der Waals surface area contributed by atoms with Crippen LogP contribution in [0.1, 0.15) is 43.6 Å². The molecule has 10 heteroatoms. The number of rotatable bonds is 6. The number of nitrogen functional groups attached to an aromatic ring is 1. The highest BCUT2D eigenvalue weighted by atomic mass is 35.5. The Kier molecular flexibility index (Phi) is 6.28. The van der Waals surface area contributed by atoms with Gasteiger partial charge < -0.3 is 5.73 Å².